The van der Waals surface area contributed by atoms with Gasteiger partial charge in [0.25, 0.3) is 7.52 Å². The van der Waals surface area contributed by atoms with E-state index in [0.29, 0.717) is 13.2 Å². The molecule has 0 radical (unpaired) electrons. The van der Waals surface area contributed by atoms with Crippen LogP contribution >= 0.6 is 7.52 Å². The molecule has 0 bridgehead atoms. The Bertz CT molecular complexity index is 361. The normalized spacial score (nSPS) is 24.7. The second-order valence-corrected chi connectivity index (χ2v) is 8.50. The van der Waals surface area contributed by atoms with Gasteiger partial charge in [-0.1, -0.05) is 13.8 Å². The molecule has 0 aromatic carbocycles. The van der Waals surface area contributed by atoms with Crippen molar-refractivity contribution in [2.45, 2.75) is 39.6 Å². The zero-order valence-electron chi connectivity index (χ0n) is 14.3. The van der Waals surface area contributed by atoms with E-state index in [4.69, 9.17) is 14.0 Å². The summed E-state index contributed by atoms with van der Waals surface area (Å²) in [6.07, 6.45) is -0.149. The van der Waals surface area contributed by atoms with Crippen LogP contribution < -0.4 is 0 Å². The number of hydrogen-bond acceptors (Lipinski definition) is 5. The van der Waals surface area contributed by atoms with Gasteiger partial charge in [-0.2, -0.15) is 0 Å². The van der Waals surface area contributed by atoms with Gasteiger partial charge in [0.05, 0.1) is 13.2 Å². The Hall–Kier alpha value is 0.0300. The molecule has 1 aliphatic rings. The molecular weight excluding hydrogens is 291 g/mol. The molecule has 6 nitrogen and oxygen atoms in total. The van der Waals surface area contributed by atoms with E-state index in [0.717, 1.165) is 26.2 Å². The Kier molecular flexibility index (Phi) is 7.31. The van der Waals surface area contributed by atoms with E-state index in [1.54, 1.807) is 6.66 Å². The summed E-state index contributed by atoms with van der Waals surface area (Å²) in [7, 11) is -0.936. The van der Waals surface area contributed by atoms with E-state index in [-0.39, 0.29) is 6.10 Å². The van der Waals surface area contributed by atoms with Gasteiger partial charge in [0.15, 0.2) is 5.79 Å². The fraction of sp³-hybridized carbons (Fsp3) is 1.00. The van der Waals surface area contributed by atoms with Gasteiger partial charge in [-0.15, -0.1) is 0 Å². The minimum Gasteiger partial charge on any atom is -0.348 e. The van der Waals surface area contributed by atoms with E-state index in [1.165, 1.54) is 0 Å². The predicted octanol–water partition coefficient (Wildman–Crippen LogP) is 2.25. The van der Waals surface area contributed by atoms with Crippen molar-refractivity contribution >= 4 is 7.52 Å². The van der Waals surface area contributed by atoms with Crippen LogP contribution in [0.2, 0.25) is 0 Å². The minimum atomic E-state index is -2.78. The number of hydrogen-bond donors (Lipinski definition) is 0. The van der Waals surface area contributed by atoms with Crippen LogP contribution in [0.5, 0.6) is 0 Å². The molecule has 1 fully saturated rings. The molecule has 1 aliphatic heterocycles. The van der Waals surface area contributed by atoms with Gasteiger partial charge in [-0.05, 0) is 34.0 Å². The summed E-state index contributed by atoms with van der Waals surface area (Å²) >= 11 is 0. The molecule has 0 aromatic rings. The van der Waals surface area contributed by atoms with Gasteiger partial charge in [-0.3, -0.25) is 4.57 Å². The molecule has 1 heterocycles. The summed E-state index contributed by atoms with van der Waals surface area (Å²) in [5, 5.41) is 0. The first-order chi connectivity index (χ1) is 9.70. The van der Waals surface area contributed by atoms with Crippen molar-refractivity contribution in [1.29, 1.82) is 0 Å². The lowest BCUT2D eigenvalue weighted by Gasteiger charge is -2.28. The summed E-state index contributed by atoms with van der Waals surface area (Å²) in [4.78, 5) is 2.30. The zero-order chi connectivity index (χ0) is 16.1. The second-order valence-electron chi connectivity index (χ2n) is 5.96. The molecular formula is C14H31N2O4P. The summed E-state index contributed by atoms with van der Waals surface area (Å²) in [6, 6.07) is 0. The highest BCUT2D eigenvalue weighted by molar-refractivity contribution is 7.55. The average Bonchev–Trinajstić information content (AvgIpc) is 2.77. The minimum absolute atomic E-state index is 0.149. The predicted molar refractivity (Wildman–Crippen MR) is 84.8 cm³/mol. The van der Waals surface area contributed by atoms with Crippen molar-refractivity contribution < 1.29 is 18.6 Å². The number of ether oxygens (including phenoxy) is 2. The summed E-state index contributed by atoms with van der Waals surface area (Å²) in [5.41, 5.74) is 0. The molecule has 2 unspecified atom stereocenters. The topological polar surface area (TPSA) is 51.2 Å². The van der Waals surface area contributed by atoms with E-state index in [9.17, 15) is 4.57 Å². The Morgan fingerprint density at radius 1 is 1.29 bits per heavy atom. The van der Waals surface area contributed by atoms with E-state index >= 15 is 0 Å². The molecule has 1 rings (SSSR count). The summed E-state index contributed by atoms with van der Waals surface area (Å²) < 4.78 is 31.2. The molecule has 126 valence electrons. The van der Waals surface area contributed by atoms with E-state index in [2.05, 4.69) is 18.7 Å². The van der Waals surface area contributed by atoms with Crippen molar-refractivity contribution in [3.63, 3.8) is 0 Å². The van der Waals surface area contributed by atoms with Gasteiger partial charge >= 0.3 is 0 Å². The van der Waals surface area contributed by atoms with Crippen molar-refractivity contribution in [3.05, 3.63) is 0 Å². The maximum Gasteiger partial charge on any atom is 0.269 e. The van der Waals surface area contributed by atoms with Crippen LogP contribution in [0.25, 0.3) is 0 Å². The molecule has 0 N–H and O–H groups in total. The van der Waals surface area contributed by atoms with Crippen LogP contribution in [-0.2, 0) is 18.6 Å². The molecule has 0 aliphatic carbocycles. The Balaban J connectivity index is 2.36. The number of rotatable bonds is 9. The molecule has 0 spiro atoms. The third kappa shape index (κ3) is 6.35. The molecule has 2 atom stereocenters. The first kappa shape index (κ1) is 19.1. The lowest BCUT2D eigenvalue weighted by molar-refractivity contribution is -0.141. The van der Waals surface area contributed by atoms with Crippen LogP contribution in [0.15, 0.2) is 0 Å². The highest BCUT2D eigenvalue weighted by Crippen LogP contribution is 2.45. The number of likely N-dealkylation sites (N-methyl/N-ethyl adjacent to an activating group) is 2. The molecule has 0 amide bonds. The first-order valence-corrected chi connectivity index (χ1v) is 9.70. The van der Waals surface area contributed by atoms with Crippen molar-refractivity contribution in [2.75, 3.05) is 53.1 Å². The maximum absolute atomic E-state index is 12.6. The Labute approximate surface area is 129 Å². The lowest BCUT2D eigenvalue weighted by Crippen LogP contribution is -2.32. The average molecular weight is 322 g/mol. The van der Waals surface area contributed by atoms with Crippen LogP contribution in [0.3, 0.4) is 0 Å². The summed E-state index contributed by atoms with van der Waals surface area (Å²) in [5.74, 6) is -0.569. The highest BCUT2D eigenvalue weighted by atomic mass is 31.2. The maximum atomic E-state index is 12.6. The van der Waals surface area contributed by atoms with Crippen LogP contribution in [0.4, 0.5) is 0 Å². The summed E-state index contributed by atoms with van der Waals surface area (Å²) in [6.45, 7) is 14.1. The van der Waals surface area contributed by atoms with Gasteiger partial charge in [0.1, 0.15) is 6.10 Å². The monoisotopic (exact) mass is 322 g/mol. The van der Waals surface area contributed by atoms with Crippen LogP contribution in [0.1, 0.15) is 27.7 Å². The van der Waals surface area contributed by atoms with Crippen LogP contribution in [-0.4, -0.2) is 74.6 Å². The van der Waals surface area contributed by atoms with Crippen molar-refractivity contribution in [3.8, 4) is 0 Å². The van der Waals surface area contributed by atoms with Gasteiger partial charge < -0.3 is 18.9 Å². The SMILES string of the molecule is CCN(CC)CCN(C)P(C)(=O)OCC1COC(C)(C)O1. The largest absolute Gasteiger partial charge is 0.348 e. The third-order valence-electron chi connectivity index (χ3n) is 3.82. The Morgan fingerprint density at radius 2 is 1.90 bits per heavy atom. The van der Waals surface area contributed by atoms with E-state index in [1.807, 2.05) is 25.6 Å². The standard InChI is InChI=1S/C14H31N2O4P/c1-7-16(8-2)10-9-15(5)21(6,17)19-12-13-11-18-14(3,4)20-13/h13H,7-12H2,1-6H3. The Morgan fingerprint density at radius 3 is 2.38 bits per heavy atom. The fourth-order valence-electron chi connectivity index (χ4n) is 2.17. The third-order valence-corrected chi connectivity index (χ3v) is 5.89. The van der Waals surface area contributed by atoms with Gasteiger partial charge in [-0.25, -0.2) is 4.67 Å². The molecule has 0 saturated carbocycles. The second kappa shape index (κ2) is 8.04. The van der Waals surface area contributed by atoms with Crippen molar-refractivity contribution in [1.82, 2.24) is 9.57 Å². The zero-order valence-corrected chi connectivity index (χ0v) is 15.2. The fourth-order valence-corrected chi connectivity index (χ4v) is 3.27. The smallest absolute Gasteiger partial charge is 0.269 e. The van der Waals surface area contributed by atoms with Gasteiger partial charge in [0.2, 0.25) is 0 Å². The molecule has 7 heteroatoms. The molecule has 0 aromatic heterocycles. The van der Waals surface area contributed by atoms with Crippen molar-refractivity contribution in [2.24, 2.45) is 0 Å². The van der Waals surface area contributed by atoms with Gasteiger partial charge in [0, 0.05) is 19.8 Å². The van der Waals surface area contributed by atoms with E-state index < -0.39 is 13.3 Å². The number of nitrogens with zero attached hydrogens (tertiary/aromatic N) is 2. The molecule has 1 saturated heterocycles. The molecule has 21 heavy (non-hydrogen) atoms. The van der Waals surface area contributed by atoms with Crippen LogP contribution in [0, 0.1) is 0 Å². The first-order valence-electron chi connectivity index (χ1n) is 7.68. The highest BCUT2D eigenvalue weighted by Gasteiger charge is 2.34. The lowest BCUT2D eigenvalue weighted by atomic mass is 10.4. The quantitative estimate of drug-likeness (QED) is 0.607.